The molecule has 2 aromatic rings. The minimum Gasteiger partial charge on any atom is -0.465 e. The number of hydrogen-bond acceptors (Lipinski definition) is 5. The molecule has 2 rings (SSSR count). The van der Waals surface area contributed by atoms with Crippen molar-refractivity contribution in [3.8, 4) is 0 Å². The molecule has 0 saturated heterocycles. The first-order chi connectivity index (χ1) is 8.31. The minimum atomic E-state index is -0.325. The van der Waals surface area contributed by atoms with Gasteiger partial charge in [0.25, 0.3) is 5.22 Å². The van der Waals surface area contributed by atoms with Crippen LogP contribution in [0.3, 0.4) is 0 Å². The molecule has 5 heteroatoms. The third-order valence-corrected chi connectivity index (χ3v) is 3.09. The zero-order valence-corrected chi connectivity index (χ0v) is 10.1. The van der Waals surface area contributed by atoms with Crippen LogP contribution in [-0.4, -0.2) is 18.1 Å². The van der Waals surface area contributed by atoms with E-state index in [0.717, 1.165) is 5.56 Å². The van der Waals surface area contributed by atoms with Gasteiger partial charge in [-0.2, -0.15) is 0 Å². The lowest BCUT2D eigenvalue weighted by atomic mass is 10.1. The molecule has 0 aliphatic carbocycles. The van der Waals surface area contributed by atoms with Crippen LogP contribution in [0, 0.1) is 0 Å². The standard InChI is InChI=1S/C12H11NO3S/c1-15-11(14)10-5-3-2-4-9(10)8-17-12-13-6-7-16-12/h2-7H,8H2,1H3. The Hall–Kier alpha value is -1.75. The maximum Gasteiger partial charge on any atom is 0.338 e. The number of nitrogens with zero attached hydrogens (tertiary/aromatic N) is 1. The second-order valence-electron chi connectivity index (χ2n) is 3.24. The van der Waals surface area contributed by atoms with Gasteiger partial charge in [0, 0.05) is 5.75 Å². The molecule has 4 nitrogen and oxygen atoms in total. The van der Waals surface area contributed by atoms with Crippen LogP contribution in [0.1, 0.15) is 15.9 Å². The third-order valence-electron chi connectivity index (χ3n) is 2.18. The van der Waals surface area contributed by atoms with E-state index in [1.807, 2.05) is 18.2 Å². The summed E-state index contributed by atoms with van der Waals surface area (Å²) in [5.74, 6) is 0.291. The molecule has 0 N–H and O–H groups in total. The zero-order valence-electron chi connectivity index (χ0n) is 9.25. The highest BCUT2D eigenvalue weighted by molar-refractivity contribution is 7.98. The molecule has 1 heterocycles. The second kappa shape index (κ2) is 5.54. The first-order valence-corrected chi connectivity index (χ1v) is 5.98. The van der Waals surface area contributed by atoms with Crippen molar-refractivity contribution in [3.05, 3.63) is 47.9 Å². The van der Waals surface area contributed by atoms with Crippen LogP contribution in [0.5, 0.6) is 0 Å². The molecule has 0 amide bonds. The van der Waals surface area contributed by atoms with Crippen molar-refractivity contribution < 1.29 is 13.9 Å². The average molecular weight is 249 g/mol. The van der Waals surface area contributed by atoms with Crippen molar-refractivity contribution in [2.45, 2.75) is 11.0 Å². The monoisotopic (exact) mass is 249 g/mol. The lowest BCUT2D eigenvalue weighted by Gasteiger charge is -2.05. The summed E-state index contributed by atoms with van der Waals surface area (Å²) in [5, 5.41) is 0.588. The minimum absolute atomic E-state index is 0.325. The molecule has 17 heavy (non-hydrogen) atoms. The molecule has 0 bridgehead atoms. The number of carbonyl (C=O) groups excluding carboxylic acids is 1. The topological polar surface area (TPSA) is 52.3 Å². The van der Waals surface area contributed by atoms with Gasteiger partial charge in [-0.05, 0) is 11.6 Å². The van der Waals surface area contributed by atoms with Gasteiger partial charge in [0.1, 0.15) is 6.26 Å². The van der Waals surface area contributed by atoms with Gasteiger partial charge in [-0.25, -0.2) is 9.78 Å². The Morgan fingerprint density at radius 1 is 1.47 bits per heavy atom. The predicted molar refractivity (Wildman–Crippen MR) is 63.8 cm³/mol. The van der Waals surface area contributed by atoms with Gasteiger partial charge < -0.3 is 9.15 Å². The van der Waals surface area contributed by atoms with Crippen LogP contribution < -0.4 is 0 Å². The number of esters is 1. The number of ether oxygens (including phenoxy) is 1. The molecule has 0 aliphatic rings. The highest BCUT2D eigenvalue weighted by atomic mass is 32.2. The van der Waals surface area contributed by atoms with Gasteiger partial charge in [0.2, 0.25) is 0 Å². The third kappa shape index (κ3) is 2.88. The Bertz CT molecular complexity index is 496. The van der Waals surface area contributed by atoms with Gasteiger partial charge in [0.05, 0.1) is 18.9 Å². The summed E-state index contributed by atoms with van der Waals surface area (Å²) < 4.78 is 9.84. The summed E-state index contributed by atoms with van der Waals surface area (Å²) >= 11 is 1.44. The largest absolute Gasteiger partial charge is 0.465 e. The number of thioether (sulfide) groups is 1. The molecule has 0 fully saturated rings. The predicted octanol–water partition coefficient (Wildman–Crippen LogP) is 2.75. The van der Waals surface area contributed by atoms with Crippen molar-refractivity contribution in [1.29, 1.82) is 0 Å². The van der Waals surface area contributed by atoms with Crippen molar-refractivity contribution >= 4 is 17.7 Å². The molecular formula is C12H11NO3S. The summed E-state index contributed by atoms with van der Waals surface area (Å²) in [6.45, 7) is 0. The molecule has 88 valence electrons. The number of benzene rings is 1. The molecular weight excluding hydrogens is 238 g/mol. The smallest absolute Gasteiger partial charge is 0.338 e. The number of aromatic nitrogens is 1. The van der Waals surface area contributed by atoms with Gasteiger partial charge >= 0.3 is 5.97 Å². The van der Waals surface area contributed by atoms with Crippen molar-refractivity contribution in [2.24, 2.45) is 0 Å². The SMILES string of the molecule is COC(=O)c1ccccc1CSc1ncco1. The molecule has 0 atom stereocenters. The van der Waals surface area contributed by atoms with Gasteiger partial charge in [-0.3, -0.25) is 0 Å². The number of hydrogen-bond donors (Lipinski definition) is 0. The van der Waals surface area contributed by atoms with E-state index in [2.05, 4.69) is 4.98 Å². The number of oxazole rings is 1. The maximum atomic E-state index is 11.5. The van der Waals surface area contributed by atoms with E-state index in [0.29, 0.717) is 16.5 Å². The maximum absolute atomic E-state index is 11.5. The van der Waals surface area contributed by atoms with Crippen molar-refractivity contribution in [1.82, 2.24) is 4.98 Å². The molecule has 0 aliphatic heterocycles. The molecule has 0 spiro atoms. The summed E-state index contributed by atoms with van der Waals surface area (Å²) in [5.41, 5.74) is 1.48. The Balaban J connectivity index is 2.12. The van der Waals surface area contributed by atoms with Crippen molar-refractivity contribution in [2.75, 3.05) is 7.11 Å². The van der Waals surface area contributed by atoms with Crippen LogP contribution in [-0.2, 0) is 10.5 Å². The van der Waals surface area contributed by atoms with Gasteiger partial charge in [0.15, 0.2) is 0 Å². The Morgan fingerprint density at radius 3 is 3.00 bits per heavy atom. The number of carbonyl (C=O) groups is 1. The lowest BCUT2D eigenvalue weighted by molar-refractivity contribution is 0.0600. The number of rotatable bonds is 4. The highest BCUT2D eigenvalue weighted by Gasteiger charge is 2.11. The van der Waals surface area contributed by atoms with E-state index in [1.54, 1.807) is 12.3 Å². The van der Waals surface area contributed by atoms with E-state index in [9.17, 15) is 4.79 Å². The summed E-state index contributed by atoms with van der Waals surface area (Å²) in [7, 11) is 1.38. The molecule has 0 saturated carbocycles. The Kier molecular flexibility index (Phi) is 3.82. The Labute approximate surface area is 103 Å². The van der Waals surface area contributed by atoms with Gasteiger partial charge in [-0.1, -0.05) is 30.0 Å². The molecule has 1 aromatic heterocycles. The van der Waals surface area contributed by atoms with Crippen LogP contribution in [0.15, 0.2) is 46.4 Å². The van der Waals surface area contributed by atoms with E-state index in [1.165, 1.54) is 25.1 Å². The highest BCUT2D eigenvalue weighted by Crippen LogP contribution is 2.23. The van der Waals surface area contributed by atoms with E-state index in [4.69, 9.17) is 9.15 Å². The molecule has 0 unspecified atom stereocenters. The van der Waals surface area contributed by atoms with Gasteiger partial charge in [-0.15, -0.1) is 0 Å². The Morgan fingerprint density at radius 2 is 2.29 bits per heavy atom. The summed E-state index contributed by atoms with van der Waals surface area (Å²) in [6.07, 6.45) is 3.11. The quantitative estimate of drug-likeness (QED) is 0.616. The van der Waals surface area contributed by atoms with Crippen molar-refractivity contribution in [3.63, 3.8) is 0 Å². The summed E-state index contributed by atoms with van der Waals surface area (Å²) in [6, 6.07) is 7.34. The van der Waals surface area contributed by atoms with Crippen LogP contribution in [0.4, 0.5) is 0 Å². The zero-order chi connectivity index (χ0) is 12.1. The lowest BCUT2D eigenvalue weighted by Crippen LogP contribution is -2.04. The fourth-order valence-electron chi connectivity index (χ4n) is 1.38. The van der Waals surface area contributed by atoms with Crippen LogP contribution >= 0.6 is 11.8 Å². The molecule has 0 radical (unpaired) electrons. The fourth-order valence-corrected chi connectivity index (χ4v) is 2.17. The second-order valence-corrected chi connectivity index (χ2v) is 4.16. The van der Waals surface area contributed by atoms with E-state index in [-0.39, 0.29) is 5.97 Å². The first-order valence-electron chi connectivity index (χ1n) is 5.00. The van der Waals surface area contributed by atoms with E-state index >= 15 is 0 Å². The normalized spacial score (nSPS) is 10.2. The summed E-state index contributed by atoms with van der Waals surface area (Å²) in [4.78, 5) is 15.5. The first kappa shape index (κ1) is 11.7. The molecule has 1 aromatic carbocycles. The van der Waals surface area contributed by atoms with E-state index < -0.39 is 0 Å². The number of methoxy groups -OCH3 is 1. The van der Waals surface area contributed by atoms with Crippen LogP contribution in [0.2, 0.25) is 0 Å². The van der Waals surface area contributed by atoms with Crippen LogP contribution in [0.25, 0.3) is 0 Å². The fraction of sp³-hybridized carbons (Fsp3) is 0.167. The average Bonchev–Trinajstić information content (AvgIpc) is 2.89.